The number of piperidine rings is 1. The Morgan fingerprint density at radius 1 is 1.21 bits per heavy atom. The van der Waals surface area contributed by atoms with Crippen molar-refractivity contribution >= 4 is 5.69 Å². The molecule has 1 saturated heterocycles. The van der Waals surface area contributed by atoms with E-state index >= 15 is 0 Å². The van der Waals surface area contributed by atoms with Crippen LogP contribution < -0.4 is 10.6 Å². The van der Waals surface area contributed by atoms with Crippen molar-refractivity contribution in [1.29, 1.82) is 0 Å². The molecule has 2 fully saturated rings. The molecule has 0 bridgehead atoms. The first-order valence-electron chi connectivity index (χ1n) is 5.41. The lowest BCUT2D eigenvalue weighted by atomic mass is 10.1. The standard InChI is InChI=1S/C12H16N2/c13-6-9-3-1-2-4-12(9)14-7-10-5-11(10)8-14/h1-4,10-11H,5-8,13H2. The quantitative estimate of drug-likeness (QED) is 0.764. The Kier molecular flexibility index (Phi) is 1.77. The van der Waals surface area contributed by atoms with Gasteiger partial charge in [-0.25, -0.2) is 0 Å². The Balaban J connectivity index is 1.87. The van der Waals surface area contributed by atoms with Crippen LogP contribution in [0.1, 0.15) is 12.0 Å². The molecule has 74 valence electrons. The van der Waals surface area contributed by atoms with Crippen molar-refractivity contribution < 1.29 is 0 Å². The first kappa shape index (κ1) is 8.30. The summed E-state index contributed by atoms with van der Waals surface area (Å²) in [6.07, 6.45) is 1.46. The number of nitrogens with two attached hydrogens (primary N) is 1. The maximum Gasteiger partial charge on any atom is 0.0411 e. The smallest absolute Gasteiger partial charge is 0.0411 e. The van der Waals surface area contributed by atoms with E-state index in [2.05, 4.69) is 29.2 Å². The zero-order chi connectivity index (χ0) is 9.54. The van der Waals surface area contributed by atoms with Crippen LogP contribution in [0.4, 0.5) is 5.69 Å². The molecule has 0 radical (unpaired) electrons. The zero-order valence-electron chi connectivity index (χ0n) is 8.32. The molecule has 2 N–H and O–H groups in total. The van der Waals surface area contributed by atoms with E-state index in [9.17, 15) is 0 Å². The highest BCUT2D eigenvalue weighted by Crippen LogP contribution is 2.46. The fraction of sp³-hybridized carbons (Fsp3) is 0.500. The molecule has 2 atom stereocenters. The normalized spacial score (nSPS) is 29.1. The Morgan fingerprint density at radius 2 is 1.93 bits per heavy atom. The summed E-state index contributed by atoms with van der Waals surface area (Å²) in [6.45, 7) is 3.16. The summed E-state index contributed by atoms with van der Waals surface area (Å²) in [4.78, 5) is 2.50. The van der Waals surface area contributed by atoms with Crippen LogP contribution in [0.15, 0.2) is 24.3 Å². The number of anilines is 1. The van der Waals surface area contributed by atoms with Crippen LogP contribution in [0.5, 0.6) is 0 Å². The van der Waals surface area contributed by atoms with Crippen molar-refractivity contribution in [3.8, 4) is 0 Å². The Morgan fingerprint density at radius 3 is 2.64 bits per heavy atom. The van der Waals surface area contributed by atoms with Gasteiger partial charge in [-0.1, -0.05) is 18.2 Å². The molecule has 2 aliphatic rings. The summed E-state index contributed by atoms with van der Waals surface area (Å²) < 4.78 is 0. The van der Waals surface area contributed by atoms with Gasteiger partial charge in [0.05, 0.1) is 0 Å². The Labute approximate surface area is 84.7 Å². The molecule has 2 unspecified atom stereocenters. The van der Waals surface area contributed by atoms with E-state index in [-0.39, 0.29) is 0 Å². The van der Waals surface area contributed by atoms with Gasteiger partial charge in [0, 0.05) is 25.3 Å². The minimum atomic E-state index is 0.655. The second-order valence-electron chi connectivity index (χ2n) is 4.49. The average molecular weight is 188 g/mol. The SMILES string of the molecule is NCc1ccccc1N1CC2CC2C1. The maximum absolute atomic E-state index is 5.74. The maximum atomic E-state index is 5.74. The van der Waals surface area contributed by atoms with E-state index in [4.69, 9.17) is 5.73 Å². The fourth-order valence-corrected chi connectivity index (χ4v) is 2.59. The molecule has 1 heterocycles. The second-order valence-corrected chi connectivity index (χ2v) is 4.49. The van der Waals surface area contributed by atoms with Gasteiger partial charge in [0.15, 0.2) is 0 Å². The third-order valence-corrected chi connectivity index (χ3v) is 3.53. The molecule has 1 aliphatic heterocycles. The van der Waals surface area contributed by atoms with Gasteiger partial charge in [0.25, 0.3) is 0 Å². The second kappa shape index (κ2) is 2.99. The summed E-state index contributed by atoms with van der Waals surface area (Å²) in [5.74, 6) is 1.97. The van der Waals surface area contributed by atoms with E-state index in [1.807, 2.05) is 0 Å². The molecule has 1 saturated carbocycles. The summed E-state index contributed by atoms with van der Waals surface area (Å²) in [6, 6.07) is 8.52. The van der Waals surface area contributed by atoms with Crippen molar-refractivity contribution in [1.82, 2.24) is 0 Å². The minimum absolute atomic E-state index is 0.655. The lowest BCUT2D eigenvalue weighted by molar-refractivity contribution is 0.812. The number of para-hydroxylation sites is 1. The van der Waals surface area contributed by atoms with Crippen LogP contribution in [-0.2, 0) is 6.54 Å². The molecule has 2 heteroatoms. The van der Waals surface area contributed by atoms with Crippen LogP contribution in [0, 0.1) is 11.8 Å². The molecule has 3 rings (SSSR count). The summed E-state index contributed by atoms with van der Waals surface area (Å²) >= 11 is 0. The van der Waals surface area contributed by atoms with Crippen molar-refractivity contribution in [2.45, 2.75) is 13.0 Å². The van der Waals surface area contributed by atoms with Crippen molar-refractivity contribution in [2.24, 2.45) is 17.6 Å². The minimum Gasteiger partial charge on any atom is -0.371 e. The lowest BCUT2D eigenvalue weighted by Crippen LogP contribution is -2.23. The molecule has 1 aromatic carbocycles. The summed E-state index contributed by atoms with van der Waals surface area (Å²) in [7, 11) is 0. The molecule has 1 aliphatic carbocycles. The molecule has 1 aromatic rings. The van der Waals surface area contributed by atoms with E-state index in [0.29, 0.717) is 6.54 Å². The van der Waals surface area contributed by atoms with Gasteiger partial charge >= 0.3 is 0 Å². The number of fused-ring (bicyclic) bond motifs is 1. The molecule has 0 spiro atoms. The highest BCUT2D eigenvalue weighted by atomic mass is 15.2. The van der Waals surface area contributed by atoms with Crippen molar-refractivity contribution in [3.05, 3.63) is 29.8 Å². The molecular formula is C12H16N2. The number of nitrogens with zero attached hydrogens (tertiary/aromatic N) is 1. The number of rotatable bonds is 2. The number of hydrogen-bond acceptors (Lipinski definition) is 2. The molecule has 2 nitrogen and oxygen atoms in total. The van der Waals surface area contributed by atoms with Crippen LogP contribution >= 0.6 is 0 Å². The molecular weight excluding hydrogens is 172 g/mol. The third kappa shape index (κ3) is 1.22. The van der Waals surface area contributed by atoms with Gasteiger partial charge in [-0.05, 0) is 29.9 Å². The Hall–Kier alpha value is -1.02. The fourth-order valence-electron chi connectivity index (χ4n) is 2.59. The van der Waals surface area contributed by atoms with Crippen molar-refractivity contribution in [3.63, 3.8) is 0 Å². The van der Waals surface area contributed by atoms with Gasteiger partial charge in [0.1, 0.15) is 0 Å². The van der Waals surface area contributed by atoms with E-state index in [1.54, 1.807) is 0 Å². The van der Waals surface area contributed by atoms with Gasteiger partial charge in [-0.15, -0.1) is 0 Å². The van der Waals surface area contributed by atoms with Gasteiger partial charge in [-0.3, -0.25) is 0 Å². The van der Waals surface area contributed by atoms with Crippen LogP contribution in [0.3, 0.4) is 0 Å². The van der Waals surface area contributed by atoms with Crippen LogP contribution in [0.25, 0.3) is 0 Å². The lowest BCUT2D eigenvalue weighted by Gasteiger charge is -2.22. The Bertz CT molecular complexity index is 338. The van der Waals surface area contributed by atoms with Crippen LogP contribution in [-0.4, -0.2) is 13.1 Å². The molecule has 14 heavy (non-hydrogen) atoms. The predicted octanol–water partition coefficient (Wildman–Crippen LogP) is 1.60. The highest BCUT2D eigenvalue weighted by molar-refractivity contribution is 5.55. The molecule has 0 amide bonds. The zero-order valence-corrected chi connectivity index (χ0v) is 8.32. The number of benzene rings is 1. The first-order valence-corrected chi connectivity index (χ1v) is 5.41. The van der Waals surface area contributed by atoms with Gasteiger partial charge < -0.3 is 10.6 Å². The van der Waals surface area contributed by atoms with E-state index in [1.165, 1.54) is 30.8 Å². The van der Waals surface area contributed by atoms with Crippen molar-refractivity contribution in [2.75, 3.05) is 18.0 Å². The monoisotopic (exact) mass is 188 g/mol. The van der Waals surface area contributed by atoms with E-state index < -0.39 is 0 Å². The van der Waals surface area contributed by atoms with Gasteiger partial charge in [-0.2, -0.15) is 0 Å². The largest absolute Gasteiger partial charge is 0.371 e. The van der Waals surface area contributed by atoms with Gasteiger partial charge in [0.2, 0.25) is 0 Å². The van der Waals surface area contributed by atoms with Crippen LogP contribution in [0.2, 0.25) is 0 Å². The van der Waals surface area contributed by atoms with E-state index in [0.717, 1.165) is 11.8 Å². The summed E-state index contributed by atoms with van der Waals surface area (Å²) in [5.41, 5.74) is 8.39. The highest BCUT2D eigenvalue weighted by Gasteiger charge is 2.45. The molecule has 0 aromatic heterocycles. The topological polar surface area (TPSA) is 29.3 Å². The summed E-state index contributed by atoms with van der Waals surface area (Å²) in [5, 5.41) is 0. The first-order chi connectivity index (χ1) is 6.88. The average Bonchev–Trinajstić information content (AvgIpc) is 2.86. The predicted molar refractivity (Wildman–Crippen MR) is 58.1 cm³/mol. The number of hydrogen-bond donors (Lipinski definition) is 1. The third-order valence-electron chi connectivity index (χ3n) is 3.53.